The van der Waals surface area contributed by atoms with E-state index in [2.05, 4.69) is 15.3 Å². The standard InChI is InChI=1S/C17H19N5O2/c1-21-8-6-13(20-21)12-4-2-7-22(11-12)17(23)15-10-14(18-19-15)16-5-3-9-24-16/h3,5-6,8-10,12H,2,4,7,11H2,1H3,(H,18,19)/t12-/m0/s1. The molecule has 3 aromatic heterocycles. The van der Waals surface area contributed by atoms with E-state index in [1.54, 1.807) is 23.1 Å². The number of nitrogens with one attached hydrogen (secondary N) is 1. The first kappa shape index (κ1) is 14.7. The topological polar surface area (TPSA) is 80.0 Å². The molecule has 0 aromatic carbocycles. The molecule has 0 bridgehead atoms. The van der Waals surface area contributed by atoms with Crippen LogP contribution in [-0.4, -0.2) is 43.9 Å². The average molecular weight is 325 g/mol. The third-order valence-corrected chi connectivity index (χ3v) is 4.44. The SMILES string of the molecule is Cn1ccc([C@H]2CCCN(C(=O)c3cc(-c4ccco4)[nH]n3)C2)n1. The highest BCUT2D eigenvalue weighted by atomic mass is 16.3. The molecule has 0 spiro atoms. The maximum atomic E-state index is 12.8. The highest BCUT2D eigenvalue weighted by Gasteiger charge is 2.28. The van der Waals surface area contributed by atoms with Gasteiger partial charge in [0.05, 0.1) is 12.0 Å². The number of H-pyrrole nitrogens is 1. The van der Waals surface area contributed by atoms with E-state index in [4.69, 9.17) is 4.42 Å². The fourth-order valence-corrected chi connectivity index (χ4v) is 3.21. The highest BCUT2D eigenvalue weighted by molar-refractivity contribution is 5.93. The zero-order valence-electron chi connectivity index (χ0n) is 13.5. The van der Waals surface area contributed by atoms with Crippen LogP contribution in [0.1, 0.15) is 34.9 Å². The summed E-state index contributed by atoms with van der Waals surface area (Å²) in [6, 6.07) is 7.41. The van der Waals surface area contributed by atoms with Crippen molar-refractivity contribution < 1.29 is 9.21 Å². The van der Waals surface area contributed by atoms with E-state index in [1.807, 2.05) is 30.3 Å². The van der Waals surface area contributed by atoms with Crippen LogP contribution in [0.4, 0.5) is 0 Å². The predicted octanol–water partition coefficient (Wildman–Crippen LogP) is 2.42. The van der Waals surface area contributed by atoms with E-state index < -0.39 is 0 Å². The minimum atomic E-state index is -0.0512. The van der Waals surface area contributed by atoms with E-state index >= 15 is 0 Å². The molecular weight excluding hydrogens is 306 g/mol. The van der Waals surface area contributed by atoms with E-state index in [0.717, 1.165) is 25.1 Å². The van der Waals surface area contributed by atoms with Crippen molar-refractivity contribution in [2.24, 2.45) is 7.05 Å². The Kier molecular flexibility index (Phi) is 3.68. The molecule has 7 heteroatoms. The van der Waals surface area contributed by atoms with Gasteiger partial charge in [-0.15, -0.1) is 0 Å². The van der Waals surface area contributed by atoms with Crippen LogP contribution in [0.5, 0.6) is 0 Å². The summed E-state index contributed by atoms with van der Waals surface area (Å²) in [5.41, 5.74) is 2.18. The second kappa shape index (κ2) is 5.99. The van der Waals surface area contributed by atoms with Crippen molar-refractivity contribution in [3.8, 4) is 11.5 Å². The summed E-state index contributed by atoms with van der Waals surface area (Å²) in [5.74, 6) is 0.906. The summed E-state index contributed by atoms with van der Waals surface area (Å²) in [5, 5.41) is 11.5. The van der Waals surface area contributed by atoms with Gasteiger partial charge in [-0.25, -0.2) is 0 Å². The molecule has 1 saturated heterocycles. The van der Waals surface area contributed by atoms with Crippen LogP contribution in [0.15, 0.2) is 41.1 Å². The van der Waals surface area contributed by atoms with Crippen molar-refractivity contribution in [1.29, 1.82) is 0 Å². The Balaban J connectivity index is 1.50. The molecule has 0 unspecified atom stereocenters. The van der Waals surface area contributed by atoms with Crippen molar-refractivity contribution in [3.05, 3.63) is 48.1 Å². The van der Waals surface area contributed by atoms with Gasteiger partial charge in [0.1, 0.15) is 5.69 Å². The molecule has 0 aliphatic carbocycles. The summed E-state index contributed by atoms with van der Waals surface area (Å²) in [7, 11) is 1.91. The number of hydrogen-bond donors (Lipinski definition) is 1. The maximum absolute atomic E-state index is 12.8. The van der Waals surface area contributed by atoms with Gasteiger partial charge in [0.25, 0.3) is 5.91 Å². The number of carbonyl (C=O) groups excluding carboxylic acids is 1. The van der Waals surface area contributed by atoms with Crippen molar-refractivity contribution in [3.63, 3.8) is 0 Å². The summed E-state index contributed by atoms with van der Waals surface area (Å²) >= 11 is 0. The minimum absolute atomic E-state index is 0.0512. The number of amides is 1. The number of aryl methyl sites for hydroxylation is 1. The third-order valence-electron chi connectivity index (χ3n) is 4.44. The lowest BCUT2D eigenvalue weighted by Gasteiger charge is -2.31. The maximum Gasteiger partial charge on any atom is 0.274 e. The molecule has 1 N–H and O–H groups in total. The fraction of sp³-hybridized carbons (Fsp3) is 0.353. The number of piperidine rings is 1. The molecule has 1 aliphatic rings. The molecule has 3 aromatic rings. The number of aromatic amines is 1. The van der Waals surface area contributed by atoms with Gasteiger partial charge in [-0.1, -0.05) is 0 Å². The summed E-state index contributed by atoms with van der Waals surface area (Å²) in [6.07, 6.45) is 5.57. The van der Waals surface area contributed by atoms with Crippen molar-refractivity contribution in [1.82, 2.24) is 24.9 Å². The predicted molar refractivity (Wildman–Crippen MR) is 87.4 cm³/mol. The van der Waals surface area contributed by atoms with E-state index in [9.17, 15) is 4.79 Å². The molecule has 7 nitrogen and oxygen atoms in total. The van der Waals surface area contributed by atoms with Gasteiger partial charge in [0.2, 0.25) is 0 Å². The van der Waals surface area contributed by atoms with Gasteiger partial charge in [-0.05, 0) is 31.0 Å². The lowest BCUT2D eigenvalue weighted by atomic mass is 9.95. The minimum Gasteiger partial charge on any atom is -0.463 e. The van der Waals surface area contributed by atoms with Gasteiger partial charge in [-0.2, -0.15) is 10.2 Å². The van der Waals surface area contributed by atoms with Crippen LogP contribution in [0.2, 0.25) is 0 Å². The van der Waals surface area contributed by atoms with E-state index in [0.29, 0.717) is 23.7 Å². The van der Waals surface area contributed by atoms with Crippen molar-refractivity contribution in [2.45, 2.75) is 18.8 Å². The van der Waals surface area contributed by atoms with Crippen LogP contribution in [0, 0.1) is 0 Å². The monoisotopic (exact) mass is 325 g/mol. The Labute approximate surface area is 139 Å². The second-order valence-electron chi connectivity index (χ2n) is 6.15. The molecular formula is C17H19N5O2. The van der Waals surface area contributed by atoms with Gasteiger partial charge < -0.3 is 9.32 Å². The van der Waals surface area contributed by atoms with Gasteiger partial charge in [0, 0.05) is 38.3 Å². The Morgan fingerprint density at radius 3 is 3.08 bits per heavy atom. The van der Waals surface area contributed by atoms with E-state index in [1.165, 1.54) is 0 Å². The molecule has 124 valence electrons. The van der Waals surface area contributed by atoms with Gasteiger partial charge in [0.15, 0.2) is 11.5 Å². The number of carbonyl (C=O) groups is 1. The summed E-state index contributed by atoms with van der Waals surface area (Å²) < 4.78 is 7.13. The number of aromatic nitrogens is 4. The fourth-order valence-electron chi connectivity index (χ4n) is 3.21. The molecule has 1 amide bonds. The normalized spacial score (nSPS) is 18.0. The average Bonchev–Trinajstić information content (AvgIpc) is 3.34. The van der Waals surface area contributed by atoms with Crippen LogP contribution >= 0.6 is 0 Å². The quantitative estimate of drug-likeness (QED) is 0.802. The molecule has 4 heterocycles. The highest BCUT2D eigenvalue weighted by Crippen LogP contribution is 2.27. The van der Waals surface area contributed by atoms with Crippen molar-refractivity contribution >= 4 is 5.91 Å². The van der Waals surface area contributed by atoms with Crippen LogP contribution in [0.3, 0.4) is 0 Å². The Morgan fingerprint density at radius 1 is 1.42 bits per heavy atom. The number of hydrogen-bond acceptors (Lipinski definition) is 4. The Morgan fingerprint density at radius 2 is 2.33 bits per heavy atom. The largest absolute Gasteiger partial charge is 0.463 e. The number of furan rings is 1. The van der Waals surface area contributed by atoms with Crippen molar-refractivity contribution in [2.75, 3.05) is 13.1 Å². The smallest absolute Gasteiger partial charge is 0.274 e. The van der Waals surface area contributed by atoms with E-state index in [-0.39, 0.29) is 11.8 Å². The number of likely N-dealkylation sites (tertiary alicyclic amines) is 1. The Hall–Kier alpha value is -2.83. The lowest BCUT2D eigenvalue weighted by Crippen LogP contribution is -2.39. The van der Waals surface area contributed by atoms with Gasteiger partial charge in [-0.3, -0.25) is 14.6 Å². The molecule has 0 radical (unpaired) electrons. The Bertz CT molecular complexity index is 833. The zero-order valence-corrected chi connectivity index (χ0v) is 13.5. The molecule has 1 fully saturated rings. The number of nitrogens with zero attached hydrogens (tertiary/aromatic N) is 4. The first-order valence-corrected chi connectivity index (χ1v) is 8.09. The van der Waals surface area contributed by atoms with Crippen LogP contribution < -0.4 is 0 Å². The van der Waals surface area contributed by atoms with Crippen LogP contribution in [-0.2, 0) is 7.05 Å². The van der Waals surface area contributed by atoms with Gasteiger partial charge >= 0.3 is 0 Å². The molecule has 0 saturated carbocycles. The number of rotatable bonds is 3. The zero-order chi connectivity index (χ0) is 16.5. The summed E-state index contributed by atoms with van der Waals surface area (Å²) in [6.45, 7) is 1.43. The molecule has 1 atom stereocenters. The second-order valence-corrected chi connectivity index (χ2v) is 6.15. The van der Waals surface area contributed by atoms with Crippen LogP contribution in [0.25, 0.3) is 11.5 Å². The first-order chi connectivity index (χ1) is 11.7. The third kappa shape index (κ3) is 2.73. The molecule has 24 heavy (non-hydrogen) atoms. The molecule has 4 rings (SSSR count). The lowest BCUT2D eigenvalue weighted by molar-refractivity contribution is 0.0699. The first-order valence-electron chi connectivity index (χ1n) is 8.09. The summed E-state index contributed by atoms with van der Waals surface area (Å²) in [4.78, 5) is 14.6. The molecule has 1 aliphatic heterocycles.